The Kier molecular flexibility index (Phi) is 5.60. The van der Waals surface area contributed by atoms with Crippen LogP contribution in [0.5, 0.6) is 0 Å². The molecule has 106 valence electrons. The molecule has 2 unspecified atom stereocenters. The third kappa shape index (κ3) is 5.83. The lowest BCUT2D eigenvalue weighted by molar-refractivity contribution is -0.120. The van der Waals surface area contributed by atoms with E-state index in [2.05, 4.69) is 31.0 Å². The molecule has 3 N–H and O–H groups in total. The van der Waals surface area contributed by atoms with Crippen LogP contribution in [0.3, 0.4) is 0 Å². The second-order valence-corrected chi connectivity index (χ2v) is 6.81. The maximum Gasteiger partial charge on any atom is 0.217 e. The molecule has 0 spiro atoms. The van der Waals surface area contributed by atoms with Crippen LogP contribution in [0.4, 0.5) is 0 Å². The number of likely N-dealkylation sites (tertiary alicyclic amines) is 1. The molecule has 18 heavy (non-hydrogen) atoms. The van der Waals surface area contributed by atoms with Crippen LogP contribution < -0.4 is 11.1 Å². The van der Waals surface area contributed by atoms with Crippen LogP contribution in [0.2, 0.25) is 0 Å². The summed E-state index contributed by atoms with van der Waals surface area (Å²) < 4.78 is 0. The van der Waals surface area contributed by atoms with Gasteiger partial charge in [0, 0.05) is 39.1 Å². The number of carbonyl (C=O) groups is 1. The van der Waals surface area contributed by atoms with Crippen LogP contribution in [0.25, 0.3) is 0 Å². The second kappa shape index (κ2) is 6.53. The first-order valence-electron chi connectivity index (χ1n) is 6.99. The summed E-state index contributed by atoms with van der Waals surface area (Å²) in [5.74, 6) is 0.728. The van der Waals surface area contributed by atoms with Crippen LogP contribution in [0.1, 0.15) is 40.5 Å². The van der Waals surface area contributed by atoms with Crippen molar-refractivity contribution in [3.8, 4) is 0 Å². The van der Waals surface area contributed by atoms with Crippen molar-refractivity contribution in [3.63, 3.8) is 0 Å². The molecule has 1 fully saturated rings. The molecule has 1 rings (SSSR count). The zero-order chi connectivity index (χ0) is 13.8. The minimum Gasteiger partial charge on any atom is -0.352 e. The highest BCUT2D eigenvalue weighted by molar-refractivity contribution is 5.73. The molecular weight excluding hydrogens is 226 g/mol. The van der Waals surface area contributed by atoms with E-state index < -0.39 is 0 Å². The van der Waals surface area contributed by atoms with Crippen molar-refractivity contribution < 1.29 is 4.79 Å². The molecule has 0 saturated carbocycles. The zero-order valence-corrected chi connectivity index (χ0v) is 12.3. The monoisotopic (exact) mass is 255 g/mol. The summed E-state index contributed by atoms with van der Waals surface area (Å²) in [7, 11) is 0. The molecule has 1 amide bonds. The van der Waals surface area contributed by atoms with E-state index in [0.717, 1.165) is 26.1 Å². The van der Waals surface area contributed by atoms with Crippen molar-refractivity contribution in [2.24, 2.45) is 17.1 Å². The SMILES string of the molecule is CC(=O)NC1CC(CC(C)(C)C)CN(CCN)C1. The number of rotatable bonds is 4. The molecule has 0 aliphatic carbocycles. The Hall–Kier alpha value is -0.610. The molecule has 1 saturated heterocycles. The van der Waals surface area contributed by atoms with Gasteiger partial charge in [-0.3, -0.25) is 9.69 Å². The third-order valence-corrected chi connectivity index (χ3v) is 3.37. The van der Waals surface area contributed by atoms with Gasteiger partial charge >= 0.3 is 0 Å². The summed E-state index contributed by atoms with van der Waals surface area (Å²) in [5, 5.41) is 3.06. The summed E-state index contributed by atoms with van der Waals surface area (Å²) in [6, 6.07) is 0.287. The van der Waals surface area contributed by atoms with Gasteiger partial charge in [-0.2, -0.15) is 0 Å². The normalized spacial score (nSPS) is 26.1. The standard InChI is InChI=1S/C14H29N3O/c1-11(18)16-13-7-12(8-14(2,3)4)9-17(10-13)6-5-15/h12-13H,5-10,15H2,1-4H3,(H,16,18). The third-order valence-electron chi connectivity index (χ3n) is 3.37. The largest absolute Gasteiger partial charge is 0.352 e. The maximum atomic E-state index is 11.2. The van der Waals surface area contributed by atoms with Crippen molar-refractivity contribution in [1.29, 1.82) is 0 Å². The summed E-state index contributed by atoms with van der Waals surface area (Å²) in [5.41, 5.74) is 5.99. The molecule has 1 heterocycles. The van der Waals surface area contributed by atoms with Gasteiger partial charge in [0.15, 0.2) is 0 Å². The van der Waals surface area contributed by atoms with Crippen molar-refractivity contribution in [2.75, 3.05) is 26.2 Å². The van der Waals surface area contributed by atoms with Gasteiger partial charge in [0.2, 0.25) is 5.91 Å². The Bertz CT molecular complexity index is 273. The fourth-order valence-electron chi connectivity index (χ4n) is 3.07. The summed E-state index contributed by atoms with van der Waals surface area (Å²) in [6.07, 6.45) is 2.29. The van der Waals surface area contributed by atoms with Gasteiger partial charge in [0.05, 0.1) is 0 Å². The quantitative estimate of drug-likeness (QED) is 0.794. The zero-order valence-electron chi connectivity index (χ0n) is 12.3. The van der Waals surface area contributed by atoms with Crippen molar-refractivity contribution in [3.05, 3.63) is 0 Å². The smallest absolute Gasteiger partial charge is 0.217 e. The molecule has 0 aromatic rings. The minimum atomic E-state index is 0.0732. The molecule has 0 aromatic carbocycles. The van der Waals surface area contributed by atoms with Crippen molar-refractivity contribution in [2.45, 2.75) is 46.6 Å². The first-order valence-corrected chi connectivity index (χ1v) is 6.99. The van der Waals surface area contributed by atoms with E-state index in [9.17, 15) is 4.79 Å². The predicted molar refractivity (Wildman–Crippen MR) is 75.3 cm³/mol. The van der Waals surface area contributed by atoms with Gasteiger partial charge in [0.25, 0.3) is 0 Å². The molecule has 1 aliphatic heterocycles. The lowest BCUT2D eigenvalue weighted by Crippen LogP contribution is -2.51. The number of hydrogen-bond acceptors (Lipinski definition) is 3. The van der Waals surface area contributed by atoms with Crippen molar-refractivity contribution >= 4 is 5.91 Å². The van der Waals surface area contributed by atoms with Crippen molar-refractivity contribution in [1.82, 2.24) is 10.2 Å². The average molecular weight is 255 g/mol. The van der Waals surface area contributed by atoms with Crippen LogP contribution in [0, 0.1) is 11.3 Å². The second-order valence-electron chi connectivity index (χ2n) is 6.81. The van der Waals surface area contributed by atoms with Gasteiger partial charge in [-0.1, -0.05) is 20.8 Å². The molecule has 0 bridgehead atoms. The maximum absolute atomic E-state index is 11.2. The molecule has 4 nitrogen and oxygen atoms in total. The molecule has 0 radical (unpaired) electrons. The van der Waals surface area contributed by atoms with E-state index in [-0.39, 0.29) is 11.9 Å². The van der Waals surface area contributed by atoms with Crippen LogP contribution in [0.15, 0.2) is 0 Å². The Morgan fingerprint density at radius 2 is 2.06 bits per heavy atom. The first-order chi connectivity index (χ1) is 8.30. The van der Waals surface area contributed by atoms with Gasteiger partial charge in [-0.15, -0.1) is 0 Å². The van der Waals surface area contributed by atoms with E-state index in [0.29, 0.717) is 17.9 Å². The number of hydrogen-bond donors (Lipinski definition) is 2. The number of carbonyl (C=O) groups excluding carboxylic acids is 1. The Morgan fingerprint density at radius 1 is 1.39 bits per heavy atom. The highest BCUT2D eigenvalue weighted by Crippen LogP contribution is 2.30. The molecule has 1 aliphatic rings. The lowest BCUT2D eigenvalue weighted by Gasteiger charge is -2.40. The topological polar surface area (TPSA) is 58.4 Å². The van der Waals surface area contributed by atoms with Crippen LogP contribution in [-0.2, 0) is 4.79 Å². The van der Waals surface area contributed by atoms with Crippen LogP contribution >= 0.6 is 0 Å². The summed E-state index contributed by atoms with van der Waals surface area (Å²) in [6.45, 7) is 12.1. The number of piperidine rings is 1. The number of nitrogens with one attached hydrogen (secondary N) is 1. The molecule has 4 heteroatoms. The summed E-state index contributed by atoms with van der Waals surface area (Å²) in [4.78, 5) is 13.6. The fraction of sp³-hybridized carbons (Fsp3) is 0.929. The fourth-order valence-corrected chi connectivity index (χ4v) is 3.07. The van der Waals surface area contributed by atoms with Gasteiger partial charge < -0.3 is 11.1 Å². The molecular formula is C14H29N3O. The Morgan fingerprint density at radius 3 is 2.56 bits per heavy atom. The van der Waals surface area contributed by atoms with Crippen LogP contribution in [-0.4, -0.2) is 43.0 Å². The summed E-state index contributed by atoms with van der Waals surface area (Å²) >= 11 is 0. The Balaban J connectivity index is 2.58. The highest BCUT2D eigenvalue weighted by atomic mass is 16.1. The van der Waals surface area contributed by atoms with Gasteiger partial charge in [0.1, 0.15) is 0 Å². The number of nitrogens with two attached hydrogens (primary N) is 1. The molecule has 2 atom stereocenters. The van der Waals surface area contributed by atoms with E-state index in [4.69, 9.17) is 5.73 Å². The number of amides is 1. The first kappa shape index (κ1) is 15.4. The van der Waals surface area contributed by atoms with E-state index in [1.165, 1.54) is 6.42 Å². The highest BCUT2D eigenvalue weighted by Gasteiger charge is 2.29. The van der Waals surface area contributed by atoms with E-state index in [1.54, 1.807) is 6.92 Å². The average Bonchev–Trinajstić information content (AvgIpc) is 2.12. The predicted octanol–water partition coefficient (Wildman–Crippen LogP) is 1.21. The van der Waals surface area contributed by atoms with Gasteiger partial charge in [-0.05, 0) is 24.2 Å². The Labute approximate surface area is 111 Å². The lowest BCUT2D eigenvalue weighted by atomic mass is 9.80. The van der Waals surface area contributed by atoms with Gasteiger partial charge in [-0.25, -0.2) is 0 Å². The number of nitrogens with zero attached hydrogens (tertiary/aromatic N) is 1. The minimum absolute atomic E-state index is 0.0732. The van der Waals surface area contributed by atoms with E-state index in [1.807, 2.05) is 0 Å². The molecule has 0 aromatic heterocycles. The van der Waals surface area contributed by atoms with E-state index >= 15 is 0 Å².